The van der Waals surface area contributed by atoms with Gasteiger partial charge in [0.2, 0.25) is 0 Å². The Hall–Kier alpha value is -0.180. The third-order valence-corrected chi connectivity index (χ3v) is 2.29. The molecule has 0 bridgehead atoms. The topological polar surface area (TPSA) is 29.1 Å². The second kappa shape index (κ2) is 7.16. The number of unbranched alkanes of at least 4 members (excludes halogenated alkanes) is 3. The second-order valence-electron chi connectivity index (χ2n) is 4.96. The highest BCUT2D eigenvalue weighted by Gasteiger charge is 2.08. The van der Waals surface area contributed by atoms with Crippen molar-refractivity contribution in [1.82, 2.24) is 5.32 Å². The molecule has 0 radical (unpaired) electrons. The lowest BCUT2D eigenvalue weighted by atomic mass is 9.89. The summed E-state index contributed by atoms with van der Waals surface area (Å²) in [6.07, 6.45) is 6.10. The number of rotatable bonds is 6. The SMILES string of the molecule is CC(C)(C)CCCCCCNC(=O)S. The third-order valence-electron chi connectivity index (χ3n) is 2.13. The zero-order chi connectivity index (χ0) is 11.0. The van der Waals surface area contributed by atoms with Gasteiger partial charge in [-0.3, -0.25) is 4.79 Å². The molecule has 0 atom stereocenters. The predicted octanol–water partition coefficient (Wildman–Crippen LogP) is 3.62. The zero-order valence-corrected chi connectivity index (χ0v) is 10.5. The molecule has 3 heteroatoms. The molecular weight excluding hydrogens is 194 g/mol. The lowest BCUT2D eigenvalue weighted by molar-refractivity contribution is 0.261. The predicted molar refractivity (Wildman–Crippen MR) is 64.9 cm³/mol. The van der Waals surface area contributed by atoms with Crippen molar-refractivity contribution in [2.75, 3.05) is 6.54 Å². The Kier molecular flexibility index (Phi) is 7.06. The van der Waals surface area contributed by atoms with Crippen LogP contribution in [0.25, 0.3) is 0 Å². The number of amides is 1. The van der Waals surface area contributed by atoms with Gasteiger partial charge in [-0.25, -0.2) is 0 Å². The summed E-state index contributed by atoms with van der Waals surface area (Å²) >= 11 is 3.63. The Morgan fingerprint density at radius 3 is 2.21 bits per heavy atom. The Labute approximate surface area is 93.3 Å². The van der Waals surface area contributed by atoms with Crippen LogP contribution in [-0.2, 0) is 0 Å². The summed E-state index contributed by atoms with van der Waals surface area (Å²) < 4.78 is 0. The Morgan fingerprint density at radius 2 is 1.71 bits per heavy atom. The van der Waals surface area contributed by atoms with Gasteiger partial charge in [0.15, 0.2) is 0 Å². The average Bonchev–Trinajstić information content (AvgIpc) is 2.00. The van der Waals surface area contributed by atoms with Gasteiger partial charge in [0, 0.05) is 6.54 Å². The summed E-state index contributed by atoms with van der Waals surface area (Å²) in [5.74, 6) is 0. The molecule has 14 heavy (non-hydrogen) atoms. The molecular formula is C11H23NOS. The van der Waals surface area contributed by atoms with Crippen molar-refractivity contribution in [3.05, 3.63) is 0 Å². The molecule has 1 amide bonds. The van der Waals surface area contributed by atoms with Crippen LogP contribution in [0.5, 0.6) is 0 Å². The molecule has 0 aromatic heterocycles. The number of hydrogen-bond acceptors (Lipinski definition) is 1. The van der Waals surface area contributed by atoms with Crippen molar-refractivity contribution in [2.24, 2.45) is 5.41 Å². The fourth-order valence-corrected chi connectivity index (χ4v) is 1.44. The molecule has 0 fully saturated rings. The smallest absolute Gasteiger partial charge is 0.275 e. The van der Waals surface area contributed by atoms with E-state index in [2.05, 4.69) is 38.7 Å². The maximum absolute atomic E-state index is 10.4. The number of thiol groups is 1. The van der Waals surface area contributed by atoms with E-state index in [1.54, 1.807) is 0 Å². The molecule has 0 aromatic rings. The number of carbonyl (C=O) groups is 1. The van der Waals surface area contributed by atoms with E-state index in [0.717, 1.165) is 13.0 Å². The van der Waals surface area contributed by atoms with Crippen molar-refractivity contribution < 1.29 is 4.79 Å². The van der Waals surface area contributed by atoms with Crippen LogP contribution in [0.4, 0.5) is 4.79 Å². The fraction of sp³-hybridized carbons (Fsp3) is 0.909. The Morgan fingerprint density at radius 1 is 1.14 bits per heavy atom. The monoisotopic (exact) mass is 217 g/mol. The van der Waals surface area contributed by atoms with Gasteiger partial charge in [-0.2, -0.15) is 0 Å². The van der Waals surface area contributed by atoms with E-state index in [1.807, 2.05) is 0 Å². The van der Waals surface area contributed by atoms with Crippen LogP contribution < -0.4 is 5.32 Å². The molecule has 84 valence electrons. The number of hydrogen-bond donors (Lipinski definition) is 2. The van der Waals surface area contributed by atoms with E-state index in [4.69, 9.17) is 0 Å². The molecule has 0 aliphatic rings. The van der Waals surface area contributed by atoms with Crippen molar-refractivity contribution in [3.63, 3.8) is 0 Å². The summed E-state index contributed by atoms with van der Waals surface area (Å²) in [6, 6.07) is 0. The van der Waals surface area contributed by atoms with Gasteiger partial charge >= 0.3 is 0 Å². The first-order chi connectivity index (χ1) is 6.42. The third kappa shape index (κ3) is 11.8. The largest absolute Gasteiger partial charge is 0.347 e. The average molecular weight is 217 g/mol. The highest BCUT2D eigenvalue weighted by atomic mass is 32.1. The molecule has 0 rings (SSSR count). The number of carbonyl (C=O) groups excluding carboxylic acids is 1. The summed E-state index contributed by atoms with van der Waals surface area (Å²) in [5.41, 5.74) is 0.458. The summed E-state index contributed by atoms with van der Waals surface area (Å²) in [5, 5.41) is 2.46. The van der Waals surface area contributed by atoms with Crippen molar-refractivity contribution in [3.8, 4) is 0 Å². The molecule has 0 spiro atoms. The van der Waals surface area contributed by atoms with Gasteiger partial charge in [-0.05, 0) is 18.3 Å². The van der Waals surface area contributed by atoms with Crippen LogP contribution in [0.2, 0.25) is 0 Å². The lowest BCUT2D eigenvalue weighted by Crippen LogP contribution is -2.17. The second-order valence-corrected chi connectivity index (χ2v) is 5.36. The summed E-state index contributed by atoms with van der Waals surface area (Å²) in [7, 11) is 0. The van der Waals surface area contributed by atoms with Gasteiger partial charge in [-0.15, -0.1) is 0 Å². The van der Waals surface area contributed by atoms with Crippen molar-refractivity contribution in [1.29, 1.82) is 0 Å². The lowest BCUT2D eigenvalue weighted by Gasteiger charge is -2.17. The van der Waals surface area contributed by atoms with E-state index in [-0.39, 0.29) is 5.24 Å². The molecule has 0 unspecified atom stereocenters. The van der Waals surface area contributed by atoms with Crippen LogP contribution in [0.3, 0.4) is 0 Å². The molecule has 0 saturated carbocycles. The quantitative estimate of drug-likeness (QED) is 0.516. The number of nitrogens with one attached hydrogen (secondary N) is 1. The molecule has 0 aliphatic carbocycles. The standard InChI is InChI=1S/C11H23NOS/c1-11(2,3)8-6-4-5-7-9-12-10(13)14/h4-9H2,1-3H3,(H2,12,13,14). The summed E-state index contributed by atoms with van der Waals surface area (Å²) in [6.45, 7) is 7.58. The van der Waals surface area contributed by atoms with E-state index in [1.165, 1.54) is 25.7 Å². The molecule has 0 aliphatic heterocycles. The van der Waals surface area contributed by atoms with E-state index >= 15 is 0 Å². The van der Waals surface area contributed by atoms with Gasteiger partial charge in [0.25, 0.3) is 5.24 Å². The molecule has 2 nitrogen and oxygen atoms in total. The normalized spacial score (nSPS) is 11.4. The minimum absolute atomic E-state index is 0.223. The molecule has 0 saturated heterocycles. The first-order valence-corrected chi connectivity index (χ1v) is 5.83. The van der Waals surface area contributed by atoms with E-state index in [0.29, 0.717) is 5.41 Å². The molecule has 0 aromatic carbocycles. The van der Waals surface area contributed by atoms with Crippen LogP contribution >= 0.6 is 12.6 Å². The van der Waals surface area contributed by atoms with Gasteiger partial charge in [0.1, 0.15) is 0 Å². The van der Waals surface area contributed by atoms with Crippen molar-refractivity contribution >= 4 is 17.9 Å². The maximum atomic E-state index is 10.4. The van der Waals surface area contributed by atoms with Crippen LogP contribution in [0, 0.1) is 5.41 Å². The highest BCUT2D eigenvalue weighted by molar-refractivity contribution is 7.96. The Bertz CT molecular complexity index is 163. The van der Waals surface area contributed by atoms with E-state index in [9.17, 15) is 4.79 Å². The highest BCUT2D eigenvalue weighted by Crippen LogP contribution is 2.22. The summed E-state index contributed by atoms with van der Waals surface area (Å²) in [4.78, 5) is 10.4. The van der Waals surface area contributed by atoms with Gasteiger partial charge in [-0.1, -0.05) is 52.7 Å². The minimum Gasteiger partial charge on any atom is -0.347 e. The fourth-order valence-electron chi connectivity index (χ4n) is 1.33. The van der Waals surface area contributed by atoms with Gasteiger partial charge < -0.3 is 5.32 Å². The molecule has 0 heterocycles. The Balaban J connectivity index is 3.11. The van der Waals surface area contributed by atoms with Crippen LogP contribution in [-0.4, -0.2) is 11.8 Å². The maximum Gasteiger partial charge on any atom is 0.275 e. The van der Waals surface area contributed by atoms with Crippen molar-refractivity contribution in [2.45, 2.75) is 52.9 Å². The van der Waals surface area contributed by atoms with Crippen LogP contribution in [0.15, 0.2) is 0 Å². The first kappa shape index (κ1) is 13.8. The minimum atomic E-state index is -0.223. The van der Waals surface area contributed by atoms with Crippen LogP contribution in [0.1, 0.15) is 52.9 Å². The zero-order valence-electron chi connectivity index (χ0n) is 9.60. The first-order valence-electron chi connectivity index (χ1n) is 5.38. The van der Waals surface area contributed by atoms with Gasteiger partial charge in [0.05, 0.1) is 0 Å². The molecule has 1 N–H and O–H groups in total. The van der Waals surface area contributed by atoms with E-state index < -0.39 is 0 Å².